The smallest absolute Gasteiger partial charge is 0.131 e. The summed E-state index contributed by atoms with van der Waals surface area (Å²) in [7, 11) is 0. The maximum absolute atomic E-state index is 9.59. The molecule has 0 aliphatic heterocycles. The Bertz CT molecular complexity index is 4380. The first-order valence-corrected chi connectivity index (χ1v) is 40.6. The number of fused-ring (bicyclic) bond motifs is 12. The third-order valence-electron chi connectivity index (χ3n) is 20.0. The van der Waals surface area contributed by atoms with Gasteiger partial charge < -0.3 is 13.7 Å². The van der Waals surface area contributed by atoms with Crippen LogP contribution in [0.1, 0.15) is 259 Å². The van der Waals surface area contributed by atoms with Crippen LogP contribution in [-0.4, -0.2) is 13.7 Å². The van der Waals surface area contributed by atoms with E-state index in [1.54, 1.807) is 52.2 Å². The summed E-state index contributed by atoms with van der Waals surface area (Å²) >= 11 is 4.70. The van der Waals surface area contributed by atoms with Gasteiger partial charge in [-0.25, -0.2) is 0 Å². The van der Waals surface area contributed by atoms with Gasteiger partial charge in [0.05, 0.1) is 16.6 Å². The molecule has 0 saturated heterocycles. The van der Waals surface area contributed by atoms with Crippen LogP contribution in [0, 0.1) is 68.0 Å². The molecule has 102 heavy (non-hydrogen) atoms. The summed E-state index contributed by atoms with van der Waals surface area (Å²) in [5.41, 5.74) is 11.2. The van der Waals surface area contributed by atoms with Crippen molar-refractivity contribution >= 4 is 154 Å². The monoisotopic (exact) mass is 1400 g/mol. The SMILES string of the molecule is CCCCCCCCCCCCn1c2ccc(/C=C/c3ccc(C=C(C#N)C#N)s3)cc2c2c1c1c3cc(/C=C/c4ccc(C=C(C#N)C#N)s4)ccc3n(CCCCCCCCCCCC)c1c1c3cc(/C=C/c4ccc(C=C(C#N)C#N)s4)ccc3n(CCCCCCCCCCCC)c21. The number of nitrogens with zero attached hydrogens (tertiary/aromatic N) is 9. The van der Waals surface area contributed by atoms with E-state index in [0.29, 0.717) is 0 Å². The number of hydrogen-bond acceptors (Lipinski definition) is 9. The van der Waals surface area contributed by atoms with Gasteiger partial charge in [-0.05, 0) is 145 Å². The average Bonchev–Trinajstić information content (AvgIpc) is 1.51. The van der Waals surface area contributed by atoms with Crippen LogP contribution in [0.3, 0.4) is 0 Å². The molecule has 0 saturated carbocycles. The molecule has 6 heterocycles. The minimum Gasteiger partial charge on any atom is -0.340 e. The van der Waals surface area contributed by atoms with E-state index in [1.807, 2.05) is 54.6 Å². The average molecular weight is 1400 g/mol. The van der Waals surface area contributed by atoms with Crippen LogP contribution >= 0.6 is 34.0 Å². The van der Waals surface area contributed by atoms with E-state index < -0.39 is 0 Å². The summed E-state index contributed by atoms with van der Waals surface area (Å²) in [5.74, 6) is 0. The topological polar surface area (TPSA) is 158 Å². The van der Waals surface area contributed by atoms with Crippen molar-refractivity contribution in [3.8, 4) is 36.4 Å². The third kappa shape index (κ3) is 19.9. The van der Waals surface area contributed by atoms with Gasteiger partial charge in [-0.1, -0.05) is 231 Å². The van der Waals surface area contributed by atoms with E-state index in [-0.39, 0.29) is 16.7 Å². The van der Waals surface area contributed by atoms with Crippen molar-refractivity contribution in [3.05, 3.63) is 154 Å². The highest BCUT2D eigenvalue weighted by molar-refractivity contribution is 7.14. The number of thiophene rings is 3. The highest BCUT2D eigenvalue weighted by atomic mass is 32.1. The van der Waals surface area contributed by atoms with Crippen molar-refractivity contribution < 1.29 is 0 Å². The Balaban J connectivity index is 1.22. The first kappa shape index (κ1) is 75.4. The van der Waals surface area contributed by atoms with Crippen molar-refractivity contribution in [2.24, 2.45) is 0 Å². The molecule has 0 unspecified atom stereocenters. The van der Waals surface area contributed by atoms with Crippen LogP contribution in [0.5, 0.6) is 0 Å². The minimum absolute atomic E-state index is 0.0889. The normalized spacial score (nSPS) is 11.6. The van der Waals surface area contributed by atoms with E-state index in [1.165, 1.54) is 220 Å². The number of aryl methyl sites for hydroxylation is 3. The molecule has 0 atom stereocenters. The van der Waals surface area contributed by atoms with E-state index in [2.05, 4.69) is 144 Å². The third-order valence-corrected chi connectivity index (χ3v) is 23.0. The maximum atomic E-state index is 9.59. The van der Waals surface area contributed by atoms with Gasteiger partial charge in [0.15, 0.2) is 0 Å². The molecule has 0 N–H and O–H groups in total. The number of aromatic nitrogens is 3. The Hall–Kier alpha value is -9.24. The lowest BCUT2D eigenvalue weighted by atomic mass is 10.00. The molecular formula is C90H99N9S3. The predicted octanol–water partition coefficient (Wildman–Crippen LogP) is 27.8. The molecule has 0 aliphatic carbocycles. The predicted molar refractivity (Wildman–Crippen MR) is 438 cm³/mol. The maximum Gasteiger partial charge on any atom is 0.131 e. The number of allylic oxidation sites excluding steroid dienone is 3. The van der Waals surface area contributed by atoms with Gasteiger partial charge in [0.2, 0.25) is 0 Å². The zero-order valence-corrected chi connectivity index (χ0v) is 62.9. The van der Waals surface area contributed by atoms with Gasteiger partial charge in [-0.15, -0.1) is 34.0 Å². The van der Waals surface area contributed by atoms with Crippen molar-refractivity contribution in [3.63, 3.8) is 0 Å². The second kappa shape index (κ2) is 39.8. The fourth-order valence-corrected chi connectivity index (χ4v) is 17.3. The fourth-order valence-electron chi connectivity index (χ4n) is 14.7. The molecule has 9 nitrogen and oxygen atoms in total. The van der Waals surface area contributed by atoms with Gasteiger partial charge in [-0.2, -0.15) is 31.6 Å². The lowest BCUT2D eigenvalue weighted by Gasteiger charge is -2.13. The Kier molecular flexibility index (Phi) is 29.5. The Labute approximate surface area is 618 Å². The molecule has 10 aromatic rings. The minimum atomic E-state index is 0.0889. The van der Waals surface area contributed by atoms with Gasteiger partial charge in [0.25, 0.3) is 0 Å². The van der Waals surface area contributed by atoms with E-state index in [9.17, 15) is 31.6 Å². The molecule has 0 bridgehead atoms. The van der Waals surface area contributed by atoms with Crippen LogP contribution in [0.2, 0.25) is 0 Å². The summed E-state index contributed by atoms with van der Waals surface area (Å²) in [6.45, 7) is 9.53. The quantitative estimate of drug-likeness (QED) is 0.0274. The molecule has 522 valence electrons. The molecule has 0 aliphatic rings. The summed E-state index contributed by atoms with van der Waals surface area (Å²) < 4.78 is 8.18. The van der Waals surface area contributed by atoms with E-state index in [0.717, 1.165) is 104 Å². The number of benzene rings is 4. The second-order valence-corrected chi connectivity index (χ2v) is 31.0. The van der Waals surface area contributed by atoms with Crippen molar-refractivity contribution in [2.75, 3.05) is 0 Å². The van der Waals surface area contributed by atoms with Gasteiger partial charge in [0, 0.05) is 97.8 Å². The van der Waals surface area contributed by atoms with Gasteiger partial charge >= 0.3 is 0 Å². The molecule has 0 fully saturated rings. The summed E-state index contributed by atoms with van der Waals surface area (Å²) in [6.07, 6.45) is 55.9. The Morgan fingerprint density at radius 1 is 0.284 bits per heavy atom. The Morgan fingerprint density at radius 3 is 0.745 bits per heavy atom. The van der Waals surface area contributed by atoms with Crippen LogP contribution < -0.4 is 0 Å². The van der Waals surface area contributed by atoms with Crippen molar-refractivity contribution in [1.82, 2.24) is 13.7 Å². The standard InChI is InChI=1S/C90H99N9S3/c1-4-7-10-13-16-19-22-25-28-31-52-97-82-49-37-67(34-40-73-43-46-76(100-73)55-70(61-91)62-92)58-79(82)85-88(97)86-80-59-68(35-41-74-44-47-77(101-74)56-71(63-93)64-94)38-50-83(80)98(53-32-29-26-23-20-17-14-11-8-5-2)90(86)87-81-60-69(36-42-75-45-48-78(102-75)57-72(65-95)66-96)39-51-84(81)99(89(85)87)54-33-30-27-24-21-18-15-12-9-6-3/h34-51,55-60H,4-33,52-54H2,1-3H3/b40-34+,41-35+,42-36+. The van der Waals surface area contributed by atoms with Crippen molar-refractivity contribution in [2.45, 2.75) is 233 Å². The zero-order chi connectivity index (χ0) is 71.3. The zero-order valence-electron chi connectivity index (χ0n) is 60.4. The molecule has 4 aromatic carbocycles. The van der Waals surface area contributed by atoms with Crippen molar-refractivity contribution in [1.29, 1.82) is 31.6 Å². The lowest BCUT2D eigenvalue weighted by Crippen LogP contribution is -2.02. The van der Waals surface area contributed by atoms with Gasteiger partial charge in [-0.3, -0.25) is 0 Å². The first-order chi connectivity index (χ1) is 50.2. The molecule has 6 aromatic heterocycles. The molecule has 10 rings (SSSR count). The molecule has 0 radical (unpaired) electrons. The first-order valence-electron chi connectivity index (χ1n) is 38.1. The van der Waals surface area contributed by atoms with E-state index in [4.69, 9.17) is 0 Å². The number of unbranched alkanes of at least 4 members (excludes halogenated alkanes) is 27. The molecule has 12 heteroatoms. The second-order valence-electron chi connectivity index (χ2n) is 27.6. The fraction of sp³-hybridized carbons (Fsp3) is 0.400. The number of nitriles is 6. The molecular weight excluding hydrogens is 1300 g/mol. The largest absolute Gasteiger partial charge is 0.340 e. The Morgan fingerprint density at radius 2 is 0.510 bits per heavy atom. The van der Waals surface area contributed by atoms with Crippen LogP contribution in [0.25, 0.3) is 120 Å². The molecule has 0 amide bonds. The highest BCUT2D eigenvalue weighted by Crippen LogP contribution is 2.49. The van der Waals surface area contributed by atoms with Crippen LogP contribution in [-0.2, 0) is 19.6 Å². The summed E-state index contributed by atoms with van der Waals surface area (Å²) in [6, 6.07) is 45.7. The van der Waals surface area contributed by atoms with Crippen LogP contribution in [0.15, 0.2) is 108 Å². The van der Waals surface area contributed by atoms with Gasteiger partial charge in [0.1, 0.15) is 53.1 Å². The lowest BCUT2D eigenvalue weighted by molar-refractivity contribution is 0.541. The summed E-state index contributed by atoms with van der Waals surface area (Å²) in [4.78, 5) is 5.72. The number of hydrogen-bond donors (Lipinski definition) is 0. The highest BCUT2D eigenvalue weighted by Gasteiger charge is 2.28. The van der Waals surface area contributed by atoms with Crippen LogP contribution in [0.4, 0.5) is 0 Å². The number of rotatable bonds is 42. The summed E-state index contributed by atoms with van der Waals surface area (Å²) in [5, 5.41) is 65.2. The molecule has 0 spiro atoms. The van der Waals surface area contributed by atoms with E-state index >= 15 is 0 Å².